The minimum Gasteiger partial charge on any atom is -0.404 e. The molecule has 0 unspecified atom stereocenters. The highest BCUT2D eigenvalue weighted by atomic mass is 32.2. The Hall–Kier alpha value is -3.00. The minimum atomic E-state index is -5.00. The third-order valence-electron chi connectivity index (χ3n) is 3.79. The smallest absolute Gasteiger partial charge is 0.404 e. The first-order chi connectivity index (χ1) is 13.2. The molecule has 3 aromatic carbocycles. The van der Waals surface area contributed by atoms with Crippen molar-refractivity contribution >= 4 is 15.7 Å². The molecule has 0 saturated carbocycles. The first-order valence-corrected chi connectivity index (χ1v) is 9.72. The molecule has 28 heavy (non-hydrogen) atoms. The molecular weight excluding hydrogens is 391 g/mol. The van der Waals surface area contributed by atoms with E-state index in [1.165, 1.54) is 18.2 Å². The van der Waals surface area contributed by atoms with Gasteiger partial charge in [0.05, 0.1) is 0 Å². The number of hydrogen-bond donors (Lipinski definition) is 1. The van der Waals surface area contributed by atoms with E-state index in [1.54, 1.807) is 12.1 Å². The molecule has 4 nitrogen and oxygen atoms in total. The van der Waals surface area contributed by atoms with E-state index in [1.807, 2.05) is 36.4 Å². The van der Waals surface area contributed by atoms with Gasteiger partial charge < -0.3 is 4.74 Å². The molecule has 8 heteroatoms. The van der Waals surface area contributed by atoms with E-state index >= 15 is 0 Å². The van der Waals surface area contributed by atoms with Crippen molar-refractivity contribution in [3.8, 4) is 5.75 Å². The zero-order valence-corrected chi connectivity index (χ0v) is 15.3. The van der Waals surface area contributed by atoms with Gasteiger partial charge in [-0.25, -0.2) is 8.42 Å². The number of alkyl halides is 3. The predicted octanol–water partition coefficient (Wildman–Crippen LogP) is 4.98. The van der Waals surface area contributed by atoms with Crippen LogP contribution in [0.5, 0.6) is 5.75 Å². The highest BCUT2D eigenvalue weighted by Crippen LogP contribution is 2.30. The quantitative estimate of drug-likeness (QED) is 0.627. The first-order valence-electron chi connectivity index (χ1n) is 8.23. The van der Waals surface area contributed by atoms with E-state index in [-0.39, 0.29) is 5.69 Å². The number of anilines is 1. The number of rotatable bonds is 6. The number of benzene rings is 3. The van der Waals surface area contributed by atoms with Gasteiger partial charge in [0.25, 0.3) is 10.0 Å². The SMILES string of the molecule is O=S(=O)(Nc1cccc(Cc2ccccc2)c1)c1ccccc1OC(F)(F)F. The normalized spacial score (nSPS) is 11.8. The van der Waals surface area contributed by atoms with Gasteiger partial charge in [-0.3, -0.25) is 4.72 Å². The van der Waals surface area contributed by atoms with Gasteiger partial charge in [0.15, 0.2) is 0 Å². The van der Waals surface area contributed by atoms with Gasteiger partial charge in [0.2, 0.25) is 0 Å². The number of sulfonamides is 1. The van der Waals surface area contributed by atoms with Gasteiger partial charge in [-0.1, -0.05) is 54.6 Å². The molecule has 0 heterocycles. The van der Waals surface area contributed by atoms with Gasteiger partial charge in [0.1, 0.15) is 10.6 Å². The fourth-order valence-electron chi connectivity index (χ4n) is 2.67. The lowest BCUT2D eigenvalue weighted by atomic mass is 10.0. The summed E-state index contributed by atoms with van der Waals surface area (Å²) in [5, 5.41) is 0. The maximum atomic E-state index is 12.6. The van der Waals surface area contributed by atoms with Crippen molar-refractivity contribution in [1.82, 2.24) is 0 Å². The Kier molecular flexibility index (Phi) is 5.60. The molecule has 3 rings (SSSR count). The molecule has 0 spiro atoms. The molecule has 3 aromatic rings. The summed E-state index contributed by atoms with van der Waals surface area (Å²) >= 11 is 0. The Bertz CT molecular complexity index is 1050. The Morgan fingerprint density at radius 2 is 1.46 bits per heavy atom. The van der Waals surface area contributed by atoms with E-state index < -0.39 is 27.0 Å². The molecule has 1 N–H and O–H groups in total. The fraction of sp³-hybridized carbons (Fsp3) is 0.100. The van der Waals surface area contributed by atoms with E-state index in [2.05, 4.69) is 9.46 Å². The summed E-state index contributed by atoms with van der Waals surface area (Å²) in [4.78, 5) is -0.596. The summed E-state index contributed by atoms with van der Waals surface area (Å²) in [6, 6.07) is 20.9. The highest BCUT2D eigenvalue weighted by Gasteiger charge is 2.34. The van der Waals surface area contributed by atoms with Gasteiger partial charge >= 0.3 is 6.36 Å². The summed E-state index contributed by atoms with van der Waals surface area (Å²) in [7, 11) is -4.28. The molecule has 0 atom stereocenters. The lowest BCUT2D eigenvalue weighted by Gasteiger charge is -2.14. The number of halogens is 3. The summed E-state index contributed by atoms with van der Waals surface area (Å²) < 4.78 is 69.1. The lowest BCUT2D eigenvalue weighted by Crippen LogP contribution is -2.20. The average Bonchev–Trinajstić information content (AvgIpc) is 2.61. The molecule has 146 valence electrons. The monoisotopic (exact) mass is 407 g/mol. The zero-order valence-electron chi connectivity index (χ0n) is 14.5. The van der Waals surface area contributed by atoms with Crippen molar-refractivity contribution in [3.63, 3.8) is 0 Å². The molecule has 0 aliphatic carbocycles. The Labute approximate surface area is 160 Å². The van der Waals surface area contributed by atoms with Crippen molar-refractivity contribution in [2.75, 3.05) is 4.72 Å². The van der Waals surface area contributed by atoms with Crippen LogP contribution in [0.2, 0.25) is 0 Å². The van der Waals surface area contributed by atoms with E-state index in [9.17, 15) is 21.6 Å². The van der Waals surface area contributed by atoms with Gasteiger partial charge in [0, 0.05) is 5.69 Å². The summed E-state index contributed by atoms with van der Waals surface area (Å²) in [5.41, 5.74) is 2.15. The van der Waals surface area contributed by atoms with Crippen molar-refractivity contribution < 1.29 is 26.3 Å². The third kappa shape index (κ3) is 5.26. The van der Waals surface area contributed by atoms with Crippen LogP contribution in [0.3, 0.4) is 0 Å². The molecule has 0 fully saturated rings. The van der Waals surface area contributed by atoms with Crippen LogP contribution in [0, 0.1) is 0 Å². The fourth-order valence-corrected chi connectivity index (χ4v) is 3.85. The molecule has 0 aromatic heterocycles. The zero-order chi connectivity index (χ0) is 20.2. The number of para-hydroxylation sites is 1. The van der Waals surface area contributed by atoms with Crippen LogP contribution in [-0.2, 0) is 16.4 Å². The van der Waals surface area contributed by atoms with Crippen molar-refractivity contribution in [2.45, 2.75) is 17.7 Å². The molecule has 0 amide bonds. The molecule has 0 bridgehead atoms. The molecule has 0 aliphatic heterocycles. The number of hydrogen-bond acceptors (Lipinski definition) is 3. The van der Waals surface area contributed by atoms with Crippen molar-refractivity contribution in [1.29, 1.82) is 0 Å². The van der Waals surface area contributed by atoms with Crippen molar-refractivity contribution in [2.24, 2.45) is 0 Å². The Morgan fingerprint density at radius 1 is 0.821 bits per heavy atom. The van der Waals surface area contributed by atoms with Crippen LogP contribution in [0.25, 0.3) is 0 Å². The standard InChI is InChI=1S/C20H16F3NO3S/c21-20(22,23)27-18-11-4-5-12-19(18)28(25,26)24-17-10-6-9-16(14-17)13-15-7-2-1-3-8-15/h1-12,14,24H,13H2. The van der Waals surface area contributed by atoms with Crippen LogP contribution in [0.4, 0.5) is 18.9 Å². The second kappa shape index (κ2) is 7.93. The Balaban J connectivity index is 1.85. The molecule has 0 radical (unpaired) electrons. The van der Waals surface area contributed by atoms with E-state index in [0.717, 1.165) is 23.3 Å². The van der Waals surface area contributed by atoms with Crippen molar-refractivity contribution in [3.05, 3.63) is 90.0 Å². The van der Waals surface area contributed by atoms with E-state index in [4.69, 9.17) is 0 Å². The summed E-state index contributed by atoms with van der Waals surface area (Å²) in [6.07, 6.45) is -4.41. The van der Waals surface area contributed by atoms with Gasteiger partial charge in [-0.2, -0.15) is 0 Å². The Morgan fingerprint density at radius 3 is 2.18 bits per heavy atom. The number of ether oxygens (including phenoxy) is 1. The first kappa shape index (κ1) is 19.8. The summed E-state index contributed by atoms with van der Waals surface area (Å²) in [6.45, 7) is 0. The average molecular weight is 407 g/mol. The molecule has 0 saturated heterocycles. The number of nitrogens with one attached hydrogen (secondary N) is 1. The maximum absolute atomic E-state index is 12.6. The van der Waals surface area contributed by atoms with Crippen LogP contribution in [-0.4, -0.2) is 14.8 Å². The van der Waals surface area contributed by atoms with Crippen LogP contribution in [0.15, 0.2) is 83.8 Å². The topological polar surface area (TPSA) is 55.4 Å². The lowest BCUT2D eigenvalue weighted by molar-refractivity contribution is -0.275. The second-order valence-electron chi connectivity index (χ2n) is 5.96. The molecular formula is C20H16F3NO3S. The van der Waals surface area contributed by atoms with Gasteiger partial charge in [-0.05, 0) is 41.8 Å². The second-order valence-corrected chi connectivity index (χ2v) is 7.61. The van der Waals surface area contributed by atoms with Crippen LogP contribution < -0.4 is 9.46 Å². The molecule has 0 aliphatic rings. The highest BCUT2D eigenvalue weighted by molar-refractivity contribution is 7.92. The van der Waals surface area contributed by atoms with Gasteiger partial charge in [-0.15, -0.1) is 13.2 Å². The minimum absolute atomic E-state index is 0.246. The summed E-state index contributed by atoms with van der Waals surface area (Å²) in [5.74, 6) is -0.789. The largest absolute Gasteiger partial charge is 0.573 e. The van der Waals surface area contributed by atoms with Crippen LogP contribution >= 0.6 is 0 Å². The maximum Gasteiger partial charge on any atom is 0.573 e. The third-order valence-corrected chi connectivity index (χ3v) is 5.22. The van der Waals surface area contributed by atoms with Crippen LogP contribution in [0.1, 0.15) is 11.1 Å². The van der Waals surface area contributed by atoms with E-state index in [0.29, 0.717) is 6.42 Å². The predicted molar refractivity (Wildman–Crippen MR) is 99.6 cm³/mol.